The molecule has 0 saturated heterocycles. The van der Waals surface area contributed by atoms with Crippen LogP contribution in [0.2, 0.25) is 0 Å². The first kappa shape index (κ1) is 27.1. The van der Waals surface area contributed by atoms with E-state index in [-0.39, 0.29) is 25.1 Å². The Labute approximate surface area is 217 Å². The molecule has 2 aromatic carbocycles. The first-order valence-electron chi connectivity index (χ1n) is 12.9. The third-order valence-corrected chi connectivity index (χ3v) is 7.38. The van der Waals surface area contributed by atoms with Gasteiger partial charge in [0.25, 0.3) is 0 Å². The van der Waals surface area contributed by atoms with Gasteiger partial charge >= 0.3 is 5.97 Å². The largest absolute Gasteiger partial charge is 0.492 e. The zero-order valence-corrected chi connectivity index (χ0v) is 22.0. The smallest absolute Gasteiger partial charge is 0.310 e. The van der Waals surface area contributed by atoms with Gasteiger partial charge in [-0.3, -0.25) is 14.1 Å². The number of nitrogens with one attached hydrogen (secondary N) is 2. The first-order chi connectivity index (χ1) is 17.7. The van der Waals surface area contributed by atoms with Crippen LogP contribution in [0.5, 0.6) is 5.75 Å². The fraction of sp³-hybridized carbons (Fsp3) is 0.483. The van der Waals surface area contributed by atoms with Crippen molar-refractivity contribution in [3.05, 3.63) is 64.6 Å². The molecular formula is C29H37F2N3O3. The second kappa shape index (κ2) is 11.2. The molecule has 0 bridgehead atoms. The number of halogens is 2. The molecule has 1 aliphatic heterocycles. The molecule has 37 heavy (non-hydrogen) atoms. The number of carboxylic acid groups (broad SMARTS) is 1. The molecular weight excluding hydrogens is 476 g/mol. The number of fused-ring (bicyclic) bond motifs is 3. The van der Waals surface area contributed by atoms with Gasteiger partial charge in [0.1, 0.15) is 18.2 Å². The average Bonchev–Trinajstić information content (AvgIpc) is 3.22. The Balaban J connectivity index is 1.77. The number of hydrogen-bond donors (Lipinski definition) is 3. The highest BCUT2D eigenvalue weighted by Crippen LogP contribution is 2.45. The summed E-state index contributed by atoms with van der Waals surface area (Å²) < 4.78 is 34.0. The number of benzene rings is 2. The van der Waals surface area contributed by atoms with E-state index >= 15 is 4.39 Å². The van der Waals surface area contributed by atoms with Gasteiger partial charge in [-0.2, -0.15) is 0 Å². The van der Waals surface area contributed by atoms with Gasteiger partial charge < -0.3 is 20.1 Å². The Kier molecular flexibility index (Phi) is 8.19. The lowest BCUT2D eigenvalue weighted by atomic mass is 9.83. The summed E-state index contributed by atoms with van der Waals surface area (Å²) >= 11 is 0. The Bertz CT molecular complexity index is 1260. The van der Waals surface area contributed by atoms with E-state index in [4.69, 9.17) is 4.74 Å². The van der Waals surface area contributed by atoms with Crippen molar-refractivity contribution >= 4 is 16.9 Å². The van der Waals surface area contributed by atoms with Gasteiger partial charge in [-0.15, -0.1) is 0 Å². The Morgan fingerprint density at radius 2 is 2.00 bits per heavy atom. The number of carboxylic acids is 1. The number of H-pyrrole nitrogens is 1. The van der Waals surface area contributed by atoms with Crippen LogP contribution in [0.25, 0.3) is 10.9 Å². The number of hydrogen-bond acceptors (Lipinski definition) is 4. The maximum absolute atomic E-state index is 15.7. The minimum absolute atomic E-state index is 0.0154. The fourth-order valence-corrected chi connectivity index (χ4v) is 5.31. The third kappa shape index (κ3) is 5.50. The van der Waals surface area contributed by atoms with E-state index in [1.807, 2.05) is 25.1 Å². The summed E-state index contributed by atoms with van der Waals surface area (Å²) in [5.41, 5.74) is 3.16. The van der Waals surface area contributed by atoms with Crippen LogP contribution in [0.1, 0.15) is 55.6 Å². The van der Waals surface area contributed by atoms with Crippen LogP contribution in [0.4, 0.5) is 8.78 Å². The van der Waals surface area contributed by atoms with E-state index in [0.717, 1.165) is 28.6 Å². The standard InChI is InChI=1S/C29H37F2N3O3/c1-18-16-21-20-8-5-6-9-23(20)33-26(21)27(34(18)17-29(3,4)28(35)36)25-19(2)24(11-10-22(25)31)37-15-14-32-13-7-12-30/h5-6,8-11,18,27,32-33H,7,12-17H2,1-4H3,(H,35,36)/t18-,27?/m1/s1. The monoisotopic (exact) mass is 513 g/mol. The molecule has 0 fully saturated rings. The van der Waals surface area contributed by atoms with Crippen LogP contribution in [-0.2, 0) is 11.2 Å². The van der Waals surface area contributed by atoms with Gasteiger partial charge in [0.15, 0.2) is 0 Å². The maximum Gasteiger partial charge on any atom is 0.310 e. The van der Waals surface area contributed by atoms with E-state index in [0.29, 0.717) is 43.0 Å². The summed E-state index contributed by atoms with van der Waals surface area (Å²) in [7, 11) is 0. The van der Waals surface area contributed by atoms with Crippen molar-refractivity contribution in [3.8, 4) is 5.75 Å². The second-order valence-corrected chi connectivity index (χ2v) is 10.6. The summed E-state index contributed by atoms with van der Waals surface area (Å²) in [6.45, 7) is 8.73. The molecule has 0 amide bonds. The molecule has 1 unspecified atom stereocenters. The number of para-hydroxylation sites is 1. The molecule has 2 atom stereocenters. The van der Waals surface area contributed by atoms with Crippen molar-refractivity contribution < 1.29 is 23.4 Å². The molecule has 4 rings (SSSR count). The lowest BCUT2D eigenvalue weighted by Gasteiger charge is -2.44. The summed E-state index contributed by atoms with van der Waals surface area (Å²) in [6.07, 6.45) is 1.18. The predicted molar refractivity (Wildman–Crippen MR) is 142 cm³/mol. The van der Waals surface area contributed by atoms with E-state index in [2.05, 4.69) is 28.2 Å². The third-order valence-electron chi connectivity index (χ3n) is 7.38. The highest BCUT2D eigenvalue weighted by Gasteiger charge is 2.42. The minimum atomic E-state index is -1.03. The highest BCUT2D eigenvalue weighted by molar-refractivity contribution is 5.85. The quantitative estimate of drug-likeness (QED) is 0.300. The van der Waals surface area contributed by atoms with Crippen molar-refractivity contribution in [1.82, 2.24) is 15.2 Å². The molecule has 0 aliphatic carbocycles. The van der Waals surface area contributed by atoms with Crippen molar-refractivity contribution in [2.45, 2.75) is 52.6 Å². The van der Waals surface area contributed by atoms with Gasteiger partial charge in [-0.1, -0.05) is 18.2 Å². The molecule has 2 heterocycles. The Morgan fingerprint density at radius 1 is 1.24 bits per heavy atom. The number of aromatic nitrogens is 1. The van der Waals surface area contributed by atoms with E-state index < -0.39 is 17.4 Å². The Hall–Kier alpha value is -2.97. The fourth-order valence-electron chi connectivity index (χ4n) is 5.31. The normalized spacial score (nSPS) is 18.2. The number of ether oxygens (including phenoxy) is 1. The zero-order valence-electron chi connectivity index (χ0n) is 22.0. The van der Waals surface area contributed by atoms with Gasteiger partial charge in [0.2, 0.25) is 0 Å². The van der Waals surface area contributed by atoms with Crippen molar-refractivity contribution in [1.29, 1.82) is 0 Å². The molecule has 6 nitrogen and oxygen atoms in total. The average molecular weight is 514 g/mol. The van der Waals surface area contributed by atoms with Crippen LogP contribution in [-0.4, -0.2) is 59.9 Å². The maximum atomic E-state index is 15.7. The summed E-state index contributed by atoms with van der Waals surface area (Å²) in [5.74, 6) is -0.666. The Morgan fingerprint density at radius 3 is 2.73 bits per heavy atom. The van der Waals surface area contributed by atoms with Gasteiger partial charge in [0, 0.05) is 41.3 Å². The number of aromatic amines is 1. The van der Waals surface area contributed by atoms with Crippen LogP contribution in [0.15, 0.2) is 36.4 Å². The molecule has 8 heteroatoms. The lowest BCUT2D eigenvalue weighted by molar-refractivity contribution is -0.148. The van der Waals surface area contributed by atoms with Gasteiger partial charge in [-0.05, 0) is 76.4 Å². The number of rotatable bonds is 11. The van der Waals surface area contributed by atoms with Crippen LogP contribution in [0.3, 0.4) is 0 Å². The number of aliphatic carboxylic acids is 1. The summed E-state index contributed by atoms with van der Waals surface area (Å²) in [4.78, 5) is 17.7. The number of nitrogens with zero attached hydrogens (tertiary/aromatic N) is 1. The van der Waals surface area contributed by atoms with Crippen molar-refractivity contribution in [2.24, 2.45) is 5.41 Å². The highest BCUT2D eigenvalue weighted by atomic mass is 19.1. The van der Waals surface area contributed by atoms with E-state index in [9.17, 15) is 14.3 Å². The lowest BCUT2D eigenvalue weighted by Crippen LogP contribution is -2.49. The van der Waals surface area contributed by atoms with Crippen LogP contribution < -0.4 is 10.1 Å². The van der Waals surface area contributed by atoms with E-state index in [1.165, 1.54) is 6.07 Å². The van der Waals surface area contributed by atoms with E-state index in [1.54, 1.807) is 19.9 Å². The molecule has 0 radical (unpaired) electrons. The minimum Gasteiger partial charge on any atom is -0.492 e. The molecule has 1 aliphatic rings. The van der Waals surface area contributed by atoms with Gasteiger partial charge in [0.05, 0.1) is 18.1 Å². The number of alkyl halides is 1. The zero-order chi connectivity index (χ0) is 26.7. The molecule has 1 aromatic heterocycles. The topological polar surface area (TPSA) is 77.6 Å². The summed E-state index contributed by atoms with van der Waals surface area (Å²) in [6, 6.07) is 10.6. The van der Waals surface area contributed by atoms with Crippen LogP contribution >= 0.6 is 0 Å². The van der Waals surface area contributed by atoms with Crippen molar-refractivity contribution in [2.75, 3.05) is 32.9 Å². The summed E-state index contributed by atoms with van der Waals surface area (Å²) in [5, 5.41) is 14.1. The second-order valence-electron chi connectivity index (χ2n) is 10.6. The molecule has 3 aromatic rings. The van der Waals surface area contributed by atoms with Crippen LogP contribution in [0, 0.1) is 18.2 Å². The SMILES string of the molecule is Cc1c(OCCNCCCF)ccc(F)c1C1c2[nH]c3ccccc3c2C[C@@H](C)N1CC(C)(C)C(=O)O. The molecule has 200 valence electrons. The van der Waals surface area contributed by atoms with Crippen molar-refractivity contribution in [3.63, 3.8) is 0 Å². The number of carbonyl (C=O) groups is 1. The van der Waals surface area contributed by atoms with Gasteiger partial charge in [-0.25, -0.2) is 4.39 Å². The molecule has 3 N–H and O–H groups in total. The first-order valence-corrected chi connectivity index (χ1v) is 12.9. The molecule has 0 spiro atoms. The predicted octanol–water partition coefficient (Wildman–Crippen LogP) is 5.39. The molecule has 0 saturated carbocycles.